The summed E-state index contributed by atoms with van der Waals surface area (Å²) in [6, 6.07) is 0. The second-order valence-electron chi connectivity index (χ2n) is 6.87. The number of guanidine groups is 1. The van der Waals surface area contributed by atoms with Gasteiger partial charge in [-0.15, -0.1) is 24.0 Å². The van der Waals surface area contributed by atoms with Gasteiger partial charge < -0.3 is 19.7 Å². The molecule has 0 aliphatic carbocycles. The molecule has 2 rings (SSSR count). The zero-order valence-corrected chi connectivity index (χ0v) is 19.1. The Hall–Kier alpha value is -0.130. The van der Waals surface area contributed by atoms with E-state index in [2.05, 4.69) is 15.2 Å². The molecule has 0 radical (unpaired) electrons. The first-order chi connectivity index (χ1) is 12.0. The third-order valence-corrected chi connectivity index (χ3v) is 5.52. The van der Waals surface area contributed by atoms with Crippen molar-refractivity contribution in [2.75, 3.05) is 51.4 Å². The quantitative estimate of drug-likeness (QED) is 0.324. The number of likely N-dealkylation sites (tertiary alicyclic amines) is 1. The summed E-state index contributed by atoms with van der Waals surface area (Å²) in [5.41, 5.74) is 0. The number of halogens is 1. The van der Waals surface area contributed by atoms with Crippen molar-refractivity contribution in [1.82, 2.24) is 10.2 Å². The molecule has 1 N–H and O–H groups in total. The Labute approximate surface area is 175 Å². The van der Waals surface area contributed by atoms with E-state index in [0.717, 1.165) is 51.5 Å². The second kappa shape index (κ2) is 12.4. The van der Waals surface area contributed by atoms with E-state index in [1.54, 1.807) is 0 Å². The van der Waals surface area contributed by atoms with Crippen LogP contribution in [0, 0.1) is 0 Å². The Morgan fingerprint density at radius 1 is 1.27 bits per heavy atom. The zero-order valence-electron chi connectivity index (χ0n) is 16.0. The molecule has 2 heterocycles. The molecule has 2 aliphatic heterocycles. The molecule has 0 saturated carbocycles. The van der Waals surface area contributed by atoms with E-state index in [1.807, 2.05) is 6.92 Å². The fourth-order valence-electron chi connectivity index (χ4n) is 3.16. The number of ether oxygens (including phenoxy) is 2. The average Bonchev–Trinajstić information content (AvgIpc) is 2.60. The Morgan fingerprint density at radius 2 is 2.00 bits per heavy atom. The third-order valence-electron chi connectivity index (χ3n) is 4.59. The number of nitrogens with zero attached hydrogens (tertiary/aromatic N) is 2. The van der Waals surface area contributed by atoms with Crippen molar-refractivity contribution in [3.8, 4) is 0 Å². The molecular weight excluding hydrogens is 469 g/mol. The molecule has 0 aromatic rings. The molecule has 0 aromatic carbocycles. The topological polar surface area (TPSA) is 80.2 Å². The van der Waals surface area contributed by atoms with Gasteiger partial charge in [0.25, 0.3) is 0 Å². The van der Waals surface area contributed by atoms with Gasteiger partial charge in [0.05, 0.1) is 31.1 Å². The lowest BCUT2D eigenvalue weighted by atomic mass is 10.1. The van der Waals surface area contributed by atoms with Gasteiger partial charge in [0.1, 0.15) is 9.84 Å². The molecular formula is C17H34IN3O4S. The molecule has 2 aliphatic rings. The maximum atomic E-state index is 11.3. The Bertz CT molecular complexity index is 516. The minimum atomic E-state index is -2.98. The lowest BCUT2D eigenvalue weighted by Crippen LogP contribution is -2.47. The average molecular weight is 503 g/mol. The normalized spacial score (nSPS) is 22.8. The SMILES string of the molecule is CCNC(=NCCS(C)(=O)=O)N1CCC(OCC2CCCCO2)CC1.I. The van der Waals surface area contributed by atoms with Crippen molar-refractivity contribution < 1.29 is 17.9 Å². The van der Waals surface area contributed by atoms with Crippen molar-refractivity contribution in [2.24, 2.45) is 4.99 Å². The monoisotopic (exact) mass is 503 g/mol. The lowest BCUT2D eigenvalue weighted by Gasteiger charge is -2.35. The minimum Gasteiger partial charge on any atom is -0.376 e. The van der Waals surface area contributed by atoms with E-state index < -0.39 is 9.84 Å². The van der Waals surface area contributed by atoms with Gasteiger partial charge in [0.2, 0.25) is 0 Å². The zero-order chi connectivity index (χ0) is 18.1. The number of nitrogens with one attached hydrogen (secondary N) is 1. The number of hydrogen-bond acceptors (Lipinski definition) is 5. The molecule has 9 heteroatoms. The fraction of sp³-hybridized carbons (Fsp3) is 0.941. The molecule has 0 spiro atoms. The summed E-state index contributed by atoms with van der Waals surface area (Å²) in [7, 11) is -2.98. The van der Waals surface area contributed by atoms with E-state index in [-0.39, 0.29) is 41.9 Å². The fourth-order valence-corrected chi connectivity index (χ4v) is 3.58. The molecule has 26 heavy (non-hydrogen) atoms. The summed E-state index contributed by atoms with van der Waals surface area (Å²) in [5.74, 6) is 0.892. The molecule has 2 saturated heterocycles. The smallest absolute Gasteiger partial charge is 0.193 e. The van der Waals surface area contributed by atoms with Crippen LogP contribution in [0.15, 0.2) is 4.99 Å². The number of rotatable bonds is 7. The van der Waals surface area contributed by atoms with Gasteiger partial charge in [-0.2, -0.15) is 0 Å². The Balaban J connectivity index is 0.00000338. The molecule has 1 unspecified atom stereocenters. The van der Waals surface area contributed by atoms with E-state index >= 15 is 0 Å². The largest absolute Gasteiger partial charge is 0.376 e. The molecule has 7 nitrogen and oxygen atoms in total. The maximum Gasteiger partial charge on any atom is 0.193 e. The molecule has 0 amide bonds. The highest BCUT2D eigenvalue weighted by Gasteiger charge is 2.23. The van der Waals surface area contributed by atoms with Crippen LogP contribution in [0.5, 0.6) is 0 Å². The van der Waals surface area contributed by atoms with E-state index in [0.29, 0.717) is 13.2 Å². The predicted molar refractivity (Wildman–Crippen MR) is 115 cm³/mol. The number of piperidine rings is 1. The van der Waals surface area contributed by atoms with Crippen molar-refractivity contribution in [3.05, 3.63) is 0 Å². The summed E-state index contributed by atoms with van der Waals surface area (Å²) >= 11 is 0. The Kier molecular flexibility index (Phi) is 11.4. The van der Waals surface area contributed by atoms with Gasteiger partial charge in [0, 0.05) is 32.5 Å². The first-order valence-electron chi connectivity index (χ1n) is 9.42. The maximum absolute atomic E-state index is 11.3. The summed E-state index contributed by atoms with van der Waals surface area (Å²) in [6.45, 7) is 6.41. The molecule has 0 bridgehead atoms. The van der Waals surface area contributed by atoms with E-state index in [4.69, 9.17) is 9.47 Å². The standard InChI is InChI=1S/C17H33N3O4S.HI/c1-3-18-17(19-9-13-25(2,21)22)20-10-7-15(8-11-20)24-14-16-6-4-5-12-23-16;/h15-16H,3-14H2,1-2H3,(H,18,19);1H. The van der Waals surface area contributed by atoms with Gasteiger partial charge >= 0.3 is 0 Å². The van der Waals surface area contributed by atoms with Gasteiger partial charge in [-0.25, -0.2) is 8.42 Å². The highest BCUT2D eigenvalue weighted by molar-refractivity contribution is 14.0. The van der Waals surface area contributed by atoms with Gasteiger partial charge in [0.15, 0.2) is 5.96 Å². The van der Waals surface area contributed by atoms with Crippen molar-refractivity contribution in [3.63, 3.8) is 0 Å². The van der Waals surface area contributed by atoms with Crippen LogP contribution in [0.4, 0.5) is 0 Å². The number of hydrogen-bond donors (Lipinski definition) is 1. The van der Waals surface area contributed by atoms with Crippen LogP contribution < -0.4 is 5.32 Å². The molecule has 0 aromatic heterocycles. The van der Waals surface area contributed by atoms with Crippen LogP contribution in [0.3, 0.4) is 0 Å². The van der Waals surface area contributed by atoms with Gasteiger partial charge in [-0.1, -0.05) is 0 Å². The van der Waals surface area contributed by atoms with Crippen LogP contribution >= 0.6 is 24.0 Å². The van der Waals surface area contributed by atoms with Crippen LogP contribution in [0.25, 0.3) is 0 Å². The van der Waals surface area contributed by atoms with Crippen LogP contribution in [0.2, 0.25) is 0 Å². The van der Waals surface area contributed by atoms with Gasteiger partial charge in [-0.05, 0) is 39.0 Å². The van der Waals surface area contributed by atoms with Gasteiger partial charge in [-0.3, -0.25) is 4.99 Å². The number of aliphatic imine (C=N–C) groups is 1. The van der Waals surface area contributed by atoms with Crippen molar-refractivity contribution in [2.45, 2.75) is 51.2 Å². The second-order valence-corrected chi connectivity index (χ2v) is 9.13. The molecule has 2 fully saturated rings. The van der Waals surface area contributed by atoms with Crippen LogP contribution in [0.1, 0.15) is 39.0 Å². The summed E-state index contributed by atoms with van der Waals surface area (Å²) < 4.78 is 34.3. The van der Waals surface area contributed by atoms with Crippen LogP contribution in [-0.2, 0) is 19.3 Å². The molecule has 154 valence electrons. The minimum absolute atomic E-state index is 0. The summed E-state index contributed by atoms with van der Waals surface area (Å²) in [5, 5.41) is 3.26. The third kappa shape index (κ3) is 9.18. The van der Waals surface area contributed by atoms with Crippen molar-refractivity contribution in [1.29, 1.82) is 0 Å². The predicted octanol–water partition coefficient (Wildman–Crippen LogP) is 1.66. The van der Waals surface area contributed by atoms with E-state index in [9.17, 15) is 8.42 Å². The Morgan fingerprint density at radius 3 is 2.58 bits per heavy atom. The number of sulfone groups is 1. The summed E-state index contributed by atoms with van der Waals surface area (Å²) in [4.78, 5) is 6.66. The first-order valence-corrected chi connectivity index (χ1v) is 11.5. The summed E-state index contributed by atoms with van der Waals surface area (Å²) in [6.07, 6.45) is 7.22. The van der Waals surface area contributed by atoms with Crippen molar-refractivity contribution >= 4 is 39.8 Å². The first kappa shape index (κ1) is 23.9. The van der Waals surface area contributed by atoms with Crippen LogP contribution in [-0.4, -0.2) is 82.9 Å². The van der Waals surface area contributed by atoms with E-state index in [1.165, 1.54) is 19.1 Å². The highest BCUT2D eigenvalue weighted by Crippen LogP contribution is 2.18. The highest BCUT2D eigenvalue weighted by atomic mass is 127. The molecule has 1 atom stereocenters. The lowest BCUT2D eigenvalue weighted by molar-refractivity contribution is -0.0721.